The average molecular weight is 351 g/mol. The SMILES string of the molecule is CC(C)(C)c1ncc(C=CC(=O)NS(=O)(=O)c2cccnc2)s1. The number of nitrogens with one attached hydrogen (secondary N) is 1. The number of hydrogen-bond donors (Lipinski definition) is 1. The van der Waals surface area contributed by atoms with Gasteiger partial charge in [0.05, 0.1) is 5.01 Å². The number of hydrogen-bond acceptors (Lipinski definition) is 6. The summed E-state index contributed by atoms with van der Waals surface area (Å²) in [7, 11) is -3.91. The molecule has 122 valence electrons. The van der Waals surface area contributed by atoms with Gasteiger partial charge in [-0.05, 0) is 18.2 Å². The highest BCUT2D eigenvalue weighted by molar-refractivity contribution is 7.90. The molecule has 0 unspecified atom stereocenters. The summed E-state index contributed by atoms with van der Waals surface area (Å²) in [6, 6.07) is 2.85. The highest BCUT2D eigenvalue weighted by atomic mass is 32.2. The van der Waals surface area contributed by atoms with Crippen LogP contribution in [0.1, 0.15) is 30.7 Å². The molecule has 0 saturated heterocycles. The zero-order chi connectivity index (χ0) is 17.1. The van der Waals surface area contributed by atoms with E-state index < -0.39 is 15.9 Å². The van der Waals surface area contributed by atoms with E-state index in [0.29, 0.717) is 0 Å². The summed E-state index contributed by atoms with van der Waals surface area (Å²) in [6.45, 7) is 6.14. The maximum atomic E-state index is 12.0. The van der Waals surface area contributed by atoms with Gasteiger partial charge in [0.25, 0.3) is 15.9 Å². The van der Waals surface area contributed by atoms with E-state index in [1.165, 1.54) is 41.9 Å². The van der Waals surface area contributed by atoms with Gasteiger partial charge in [0, 0.05) is 35.0 Å². The van der Waals surface area contributed by atoms with Crippen LogP contribution in [0.25, 0.3) is 6.08 Å². The number of aromatic nitrogens is 2. The Morgan fingerprint density at radius 1 is 1.30 bits per heavy atom. The van der Waals surface area contributed by atoms with Crippen LogP contribution in [0, 0.1) is 0 Å². The van der Waals surface area contributed by atoms with E-state index in [1.54, 1.807) is 12.3 Å². The number of carbonyl (C=O) groups excluding carboxylic acids is 1. The van der Waals surface area contributed by atoms with Gasteiger partial charge in [0.1, 0.15) is 4.90 Å². The fraction of sp³-hybridized carbons (Fsp3) is 0.267. The van der Waals surface area contributed by atoms with Crippen molar-refractivity contribution in [1.29, 1.82) is 0 Å². The molecule has 1 N–H and O–H groups in total. The number of rotatable bonds is 4. The number of nitrogens with zero attached hydrogens (tertiary/aromatic N) is 2. The Morgan fingerprint density at radius 3 is 2.61 bits per heavy atom. The standard InChI is InChI=1S/C15H17N3O3S2/c1-15(2,3)14-17-9-11(22-14)6-7-13(19)18-23(20,21)12-5-4-8-16-10-12/h4-10H,1-3H3,(H,18,19). The minimum atomic E-state index is -3.91. The molecule has 0 bridgehead atoms. The molecule has 0 atom stereocenters. The van der Waals surface area contributed by atoms with Crippen molar-refractivity contribution >= 4 is 33.3 Å². The van der Waals surface area contributed by atoms with Gasteiger partial charge in [-0.2, -0.15) is 0 Å². The molecule has 2 aromatic rings. The predicted molar refractivity (Wildman–Crippen MR) is 89.4 cm³/mol. The van der Waals surface area contributed by atoms with Crippen molar-refractivity contribution in [2.75, 3.05) is 0 Å². The third kappa shape index (κ3) is 4.70. The quantitative estimate of drug-likeness (QED) is 0.854. The smallest absolute Gasteiger partial charge is 0.265 e. The summed E-state index contributed by atoms with van der Waals surface area (Å²) < 4.78 is 25.9. The van der Waals surface area contributed by atoms with Gasteiger partial charge in [0.2, 0.25) is 0 Å². The molecule has 8 heteroatoms. The lowest BCUT2D eigenvalue weighted by Gasteiger charge is -2.13. The summed E-state index contributed by atoms with van der Waals surface area (Å²) in [5, 5.41) is 0.945. The zero-order valence-electron chi connectivity index (χ0n) is 13.0. The molecule has 2 heterocycles. The van der Waals surface area contributed by atoms with E-state index in [4.69, 9.17) is 0 Å². The van der Waals surface area contributed by atoms with E-state index in [2.05, 4.69) is 9.97 Å². The second kappa shape index (κ2) is 6.59. The van der Waals surface area contributed by atoms with Crippen molar-refractivity contribution in [3.8, 4) is 0 Å². The monoisotopic (exact) mass is 351 g/mol. The number of pyridine rings is 1. The molecule has 0 aliphatic rings. The molecule has 2 rings (SSSR count). The molecule has 0 saturated carbocycles. The van der Waals surface area contributed by atoms with Crippen molar-refractivity contribution in [2.45, 2.75) is 31.1 Å². The van der Waals surface area contributed by atoms with E-state index in [0.717, 1.165) is 9.88 Å². The number of carbonyl (C=O) groups is 1. The van der Waals surface area contributed by atoms with Crippen molar-refractivity contribution in [3.63, 3.8) is 0 Å². The Kier molecular flexibility index (Phi) is 4.96. The molecule has 0 aliphatic carbocycles. The predicted octanol–water partition coefficient (Wildman–Crippen LogP) is 2.35. The number of amides is 1. The molecule has 0 aliphatic heterocycles. The third-order valence-electron chi connectivity index (χ3n) is 2.74. The van der Waals surface area contributed by atoms with Crippen LogP contribution in [0.15, 0.2) is 41.7 Å². The third-order valence-corrected chi connectivity index (χ3v) is 5.46. The van der Waals surface area contributed by atoms with Crippen LogP contribution in [0.5, 0.6) is 0 Å². The largest absolute Gasteiger partial charge is 0.269 e. The summed E-state index contributed by atoms with van der Waals surface area (Å²) in [5.41, 5.74) is -0.0668. The normalized spacial score (nSPS) is 12.5. The van der Waals surface area contributed by atoms with Crippen LogP contribution in [0.4, 0.5) is 0 Å². The summed E-state index contributed by atoms with van der Waals surface area (Å²) in [5.74, 6) is -0.723. The van der Waals surface area contributed by atoms with Crippen molar-refractivity contribution in [3.05, 3.63) is 46.7 Å². The molecule has 0 fully saturated rings. The average Bonchev–Trinajstić information content (AvgIpc) is 2.95. The fourth-order valence-electron chi connectivity index (χ4n) is 1.60. The summed E-state index contributed by atoms with van der Waals surface area (Å²) in [6.07, 6.45) is 7.01. The molecule has 0 spiro atoms. The van der Waals surface area contributed by atoms with E-state index in [-0.39, 0.29) is 10.3 Å². The molecule has 1 amide bonds. The Hall–Kier alpha value is -2.06. The van der Waals surface area contributed by atoms with Gasteiger partial charge in [0.15, 0.2) is 0 Å². The first-order valence-electron chi connectivity index (χ1n) is 6.80. The molecular formula is C15H17N3O3S2. The van der Waals surface area contributed by atoms with Crippen LogP contribution >= 0.6 is 11.3 Å². The van der Waals surface area contributed by atoms with Crippen molar-refractivity contribution < 1.29 is 13.2 Å². The van der Waals surface area contributed by atoms with Crippen LogP contribution in [0.3, 0.4) is 0 Å². The van der Waals surface area contributed by atoms with Crippen LogP contribution in [-0.4, -0.2) is 24.3 Å². The summed E-state index contributed by atoms with van der Waals surface area (Å²) in [4.78, 5) is 20.5. The number of sulfonamides is 1. The lowest BCUT2D eigenvalue weighted by atomic mass is 9.98. The maximum Gasteiger partial charge on any atom is 0.265 e. The second-order valence-electron chi connectivity index (χ2n) is 5.81. The van der Waals surface area contributed by atoms with Gasteiger partial charge in [-0.15, -0.1) is 11.3 Å². The topological polar surface area (TPSA) is 89.0 Å². The van der Waals surface area contributed by atoms with Crippen LogP contribution < -0.4 is 4.72 Å². The van der Waals surface area contributed by atoms with Gasteiger partial charge in [-0.25, -0.2) is 18.1 Å². The first-order valence-corrected chi connectivity index (χ1v) is 9.10. The van der Waals surface area contributed by atoms with Crippen LogP contribution in [0.2, 0.25) is 0 Å². The Labute approximate surface area is 139 Å². The lowest BCUT2D eigenvalue weighted by molar-refractivity contribution is -0.114. The molecule has 23 heavy (non-hydrogen) atoms. The minimum Gasteiger partial charge on any atom is -0.269 e. The van der Waals surface area contributed by atoms with Gasteiger partial charge in [-0.3, -0.25) is 9.78 Å². The van der Waals surface area contributed by atoms with Gasteiger partial charge < -0.3 is 0 Å². The Morgan fingerprint density at radius 2 is 2.04 bits per heavy atom. The van der Waals surface area contributed by atoms with Crippen molar-refractivity contribution in [1.82, 2.24) is 14.7 Å². The summed E-state index contributed by atoms with van der Waals surface area (Å²) >= 11 is 1.46. The van der Waals surface area contributed by atoms with Crippen LogP contribution in [-0.2, 0) is 20.2 Å². The minimum absolute atomic E-state index is 0.0606. The number of thiazole rings is 1. The molecule has 6 nitrogen and oxygen atoms in total. The first-order chi connectivity index (χ1) is 10.7. The van der Waals surface area contributed by atoms with E-state index in [9.17, 15) is 13.2 Å². The molecular weight excluding hydrogens is 334 g/mol. The molecule has 0 radical (unpaired) electrons. The van der Waals surface area contributed by atoms with Gasteiger partial charge in [-0.1, -0.05) is 20.8 Å². The first kappa shape index (κ1) is 17.3. The van der Waals surface area contributed by atoms with E-state index >= 15 is 0 Å². The zero-order valence-corrected chi connectivity index (χ0v) is 14.6. The Bertz CT molecular complexity index is 819. The molecule has 0 aromatic carbocycles. The molecule has 2 aromatic heterocycles. The highest BCUT2D eigenvalue weighted by Gasteiger charge is 2.18. The maximum absolute atomic E-state index is 12.0. The lowest BCUT2D eigenvalue weighted by Crippen LogP contribution is -2.29. The van der Waals surface area contributed by atoms with E-state index in [1.807, 2.05) is 25.5 Å². The van der Waals surface area contributed by atoms with Gasteiger partial charge >= 0.3 is 0 Å². The second-order valence-corrected chi connectivity index (χ2v) is 8.55. The Balaban J connectivity index is 2.06. The highest BCUT2D eigenvalue weighted by Crippen LogP contribution is 2.27. The fourth-order valence-corrected chi connectivity index (χ4v) is 3.38. The van der Waals surface area contributed by atoms with Crippen molar-refractivity contribution in [2.24, 2.45) is 0 Å².